The highest BCUT2D eigenvalue weighted by Gasteiger charge is 2.35. The summed E-state index contributed by atoms with van der Waals surface area (Å²) < 4.78 is 1.66. The van der Waals surface area contributed by atoms with Crippen molar-refractivity contribution in [1.29, 1.82) is 0 Å². The van der Waals surface area contributed by atoms with E-state index in [0.717, 1.165) is 23.1 Å². The van der Waals surface area contributed by atoms with Crippen LogP contribution in [0, 0.1) is 15.8 Å². The number of carbonyl (C=O) groups is 2. The number of aromatic amines is 1. The van der Waals surface area contributed by atoms with E-state index >= 15 is 0 Å². The summed E-state index contributed by atoms with van der Waals surface area (Å²) in [5.74, 6) is -2.11. The Morgan fingerprint density at radius 1 is 1.27 bits per heavy atom. The largest absolute Gasteiger partial charge is 0.481 e. The summed E-state index contributed by atoms with van der Waals surface area (Å²) in [5, 5.41) is 12.1. The van der Waals surface area contributed by atoms with Crippen molar-refractivity contribution >= 4 is 51.3 Å². The van der Waals surface area contributed by atoms with Crippen molar-refractivity contribution in [1.82, 2.24) is 4.98 Å². The lowest BCUT2D eigenvalue weighted by Gasteiger charge is -2.27. The van der Waals surface area contributed by atoms with Crippen LogP contribution >= 0.6 is 23.6 Å². The molecule has 3 N–H and O–H groups in total. The predicted octanol–water partition coefficient (Wildman–Crippen LogP) is 3.79. The number of thiazole rings is 1. The van der Waals surface area contributed by atoms with Crippen molar-refractivity contribution in [3.8, 4) is 0 Å². The zero-order chi connectivity index (χ0) is 15.7. The van der Waals surface area contributed by atoms with Crippen molar-refractivity contribution in [3.05, 3.63) is 22.2 Å². The highest BCUT2D eigenvalue weighted by molar-refractivity contribution is 7.73. The van der Waals surface area contributed by atoms with Crippen LogP contribution in [0.15, 0.2) is 18.2 Å². The molecule has 1 saturated carbocycles. The molecule has 0 unspecified atom stereocenters. The van der Waals surface area contributed by atoms with Gasteiger partial charge in [-0.3, -0.25) is 9.59 Å². The van der Waals surface area contributed by atoms with Crippen molar-refractivity contribution in [3.63, 3.8) is 0 Å². The molecule has 1 aliphatic carbocycles. The average Bonchev–Trinajstić information content (AvgIpc) is 2.86. The predicted molar refractivity (Wildman–Crippen MR) is 88.7 cm³/mol. The molecule has 1 aliphatic rings. The van der Waals surface area contributed by atoms with Gasteiger partial charge in [0.05, 0.1) is 22.1 Å². The summed E-state index contributed by atoms with van der Waals surface area (Å²) in [5.41, 5.74) is 1.62. The topological polar surface area (TPSA) is 82.2 Å². The lowest BCUT2D eigenvalue weighted by Crippen LogP contribution is -2.36. The van der Waals surface area contributed by atoms with Crippen molar-refractivity contribution < 1.29 is 14.7 Å². The van der Waals surface area contributed by atoms with Crippen LogP contribution < -0.4 is 5.32 Å². The van der Waals surface area contributed by atoms with Crippen molar-refractivity contribution in [2.75, 3.05) is 5.32 Å². The Bertz CT molecular complexity index is 780. The summed E-state index contributed by atoms with van der Waals surface area (Å²) in [6.07, 6.45) is 2.99. The Morgan fingerprint density at radius 3 is 2.73 bits per heavy atom. The minimum Gasteiger partial charge on any atom is -0.481 e. The summed E-state index contributed by atoms with van der Waals surface area (Å²) >= 11 is 6.55. The molecule has 2 aromatic rings. The van der Waals surface area contributed by atoms with Gasteiger partial charge in [0.1, 0.15) is 0 Å². The molecule has 2 atom stereocenters. The number of carboxylic acids is 1. The van der Waals surface area contributed by atoms with E-state index in [-0.39, 0.29) is 5.91 Å². The third kappa shape index (κ3) is 3.05. The van der Waals surface area contributed by atoms with E-state index in [9.17, 15) is 14.7 Å². The van der Waals surface area contributed by atoms with Crippen LogP contribution in [0.4, 0.5) is 5.69 Å². The maximum absolute atomic E-state index is 12.4. The van der Waals surface area contributed by atoms with Gasteiger partial charge in [0.25, 0.3) is 0 Å². The fraction of sp³-hybridized carbons (Fsp3) is 0.400. The molecule has 1 aromatic heterocycles. The van der Waals surface area contributed by atoms with E-state index in [2.05, 4.69) is 10.3 Å². The number of H-pyrrole nitrogens is 1. The van der Waals surface area contributed by atoms with Gasteiger partial charge in [-0.15, -0.1) is 11.3 Å². The fourth-order valence-electron chi connectivity index (χ4n) is 3.00. The number of amides is 1. The van der Waals surface area contributed by atoms with E-state index in [1.165, 1.54) is 11.3 Å². The number of carbonyl (C=O) groups excluding carboxylic acids is 1. The first-order valence-corrected chi connectivity index (χ1v) is 8.43. The van der Waals surface area contributed by atoms with Crippen LogP contribution in [0.3, 0.4) is 0 Å². The van der Waals surface area contributed by atoms with Crippen LogP contribution in [0.1, 0.15) is 25.7 Å². The fourth-order valence-corrected chi connectivity index (χ4v) is 4.15. The number of anilines is 1. The maximum atomic E-state index is 12.4. The molecule has 1 heterocycles. The highest BCUT2D eigenvalue weighted by Crippen LogP contribution is 2.32. The summed E-state index contributed by atoms with van der Waals surface area (Å²) in [4.78, 5) is 26.8. The molecule has 0 saturated heterocycles. The molecule has 22 heavy (non-hydrogen) atoms. The van der Waals surface area contributed by atoms with Gasteiger partial charge in [0.15, 0.2) is 3.95 Å². The highest BCUT2D eigenvalue weighted by atomic mass is 32.1. The number of rotatable bonds is 3. The monoisotopic (exact) mass is 336 g/mol. The normalized spacial score (nSPS) is 21.6. The van der Waals surface area contributed by atoms with E-state index in [4.69, 9.17) is 12.2 Å². The lowest BCUT2D eigenvalue weighted by molar-refractivity contribution is -0.147. The number of benzene rings is 1. The van der Waals surface area contributed by atoms with E-state index in [0.29, 0.717) is 22.5 Å². The van der Waals surface area contributed by atoms with E-state index in [1.807, 2.05) is 12.1 Å². The molecule has 0 radical (unpaired) electrons. The summed E-state index contributed by atoms with van der Waals surface area (Å²) in [7, 11) is 0. The number of aromatic nitrogens is 1. The Labute approximate surface area is 136 Å². The minimum absolute atomic E-state index is 0.203. The molecular formula is C15H16N2O3S2. The van der Waals surface area contributed by atoms with Gasteiger partial charge in [-0.2, -0.15) is 0 Å². The van der Waals surface area contributed by atoms with Gasteiger partial charge in [0.2, 0.25) is 5.91 Å². The Hall–Kier alpha value is -1.73. The Balaban J connectivity index is 1.79. The number of hydrogen-bond acceptors (Lipinski definition) is 4. The molecule has 1 fully saturated rings. The Morgan fingerprint density at radius 2 is 2.00 bits per heavy atom. The Kier molecular flexibility index (Phi) is 4.26. The molecule has 3 rings (SSSR count). The number of hydrogen-bond donors (Lipinski definition) is 3. The lowest BCUT2D eigenvalue weighted by atomic mass is 9.78. The van der Waals surface area contributed by atoms with Gasteiger partial charge in [-0.05, 0) is 43.3 Å². The second-order valence-electron chi connectivity index (χ2n) is 5.55. The smallest absolute Gasteiger partial charge is 0.307 e. The van der Waals surface area contributed by atoms with Crippen molar-refractivity contribution in [2.24, 2.45) is 11.8 Å². The van der Waals surface area contributed by atoms with Crippen molar-refractivity contribution in [2.45, 2.75) is 25.7 Å². The maximum Gasteiger partial charge on any atom is 0.307 e. The second-order valence-corrected chi connectivity index (χ2v) is 7.27. The molecule has 0 bridgehead atoms. The van der Waals surface area contributed by atoms with E-state index < -0.39 is 17.8 Å². The molecule has 1 aromatic carbocycles. The third-order valence-electron chi connectivity index (χ3n) is 4.11. The molecule has 0 spiro atoms. The third-order valence-corrected chi connectivity index (χ3v) is 5.31. The van der Waals surface area contributed by atoms with Gasteiger partial charge >= 0.3 is 5.97 Å². The number of carboxylic acid groups (broad SMARTS) is 1. The van der Waals surface area contributed by atoms with Gasteiger partial charge in [-0.25, -0.2) is 0 Å². The quantitative estimate of drug-likeness (QED) is 0.745. The van der Waals surface area contributed by atoms with Gasteiger partial charge in [-0.1, -0.05) is 12.8 Å². The zero-order valence-corrected chi connectivity index (χ0v) is 13.4. The van der Waals surface area contributed by atoms with Crippen LogP contribution in [-0.4, -0.2) is 22.0 Å². The SMILES string of the molecule is O=C(Nc1ccc2[nH]c(=S)sc2c1)[C@H]1CCCC[C@H]1C(=O)O. The van der Waals surface area contributed by atoms with Gasteiger partial charge in [0, 0.05) is 5.69 Å². The standard InChI is InChI=1S/C15H16N2O3S2/c18-13(9-3-1-2-4-10(9)14(19)20)16-8-5-6-11-12(7-8)22-15(21)17-11/h5-7,9-10H,1-4H2,(H,16,18)(H,17,21)(H,19,20)/t9-,10+/m0/s1. The van der Waals surface area contributed by atoms with E-state index in [1.54, 1.807) is 6.07 Å². The van der Waals surface area contributed by atoms with Crippen LogP contribution in [0.5, 0.6) is 0 Å². The second kappa shape index (κ2) is 6.18. The minimum atomic E-state index is -0.876. The molecule has 1 amide bonds. The van der Waals surface area contributed by atoms with Crippen LogP contribution in [0.2, 0.25) is 0 Å². The number of aliphatic carboxylic acids is 1. The van der Waals surface area contributed by atoms with Crippen LogP contribution in [-0.2, 0) is 9.59 Å². The first-order valence-electron chi connectivity index (χ1n) is 7.21. The molecule has 7 heteroatoms. The summed E-state index contributed by atoms with van der Waals surface area (Å²) in [6, 6.07) is 5.53. The summed E-state index contributed by atoms with van der Waals surface area (Å²) in [6.45, 7) is 0. The van der Waals surface area contributed by atoms with Gasteiger partial charge < -0.3 is 15.4 Å². The molecular weight excluding hydrogens is 320 g/mol. The first kappa shape index (κ1) is 15.2. The zero-order valence-electron chi connectivity index (χ0n) is 11.8. The average molecular weight is 336 g/mol. The van der Waals surface area contributed by atoms with Crippen LogP contribution in [0.25, 0.3) is 10.2 Å². The first-order chi connectivity index (χ1) is 10.5. The molecule has 116 valence electrons. The molecule has 0 aliphatic heterocycles. The number of fused-ring (bicyclic) bond motifs is 1. The number of nitrogens with one attached hydrogen (secondary N) is 2. The molecule has 5 nitrogen and oxygen atoms in total.